The maximum Gasteiger partial charge on any atom is 0.302 e. The van der Waals surface area contributed by atoms with Gasteiger partial charge in [-0.15, -0.1) is 0 Å². The number of hydrogen-bond acceptors (Lipinski definition) is 3. The Hall–Kier alpha value is -1.38. The van der Waals surface area contributed by atoms with Gasteiger partial charge in [-0.05, 0) is 38.7 Å². The lowest BCUT2D eigenvalue weighted by Crippen LogP contribution is -1.97. The number of allylic oxidation sites excluding steroid dienone is 3. The molecule has 0 N–H and O–H groups in total. The minimum atomic E-state index is -0.238. The summed E-state index contributed by atoms with van der Waals surface area (Å²) in [5, 5.41) is 0. The smallest absolute Gasteiger partial charge is 0.302 e. The molecule has 0 atom stereocenters. The molecule has 0 saturated carbocycles. The fourth-order valence-corrected chi connectivity index (χ4v) is 1.48. The maximum absolute atomic E-state index is 10.6. The lowest BCUT2D eigenvalue weighted by Gasteiger charge is -1.97. The van der Waals surface area contributed by atoms with Gasteiger partial charge in [0.1, 0.15) is 6.61 Å². The second-order valence-electron chi connectivity index (χ2n) is 4.28. The SMILES string of the molecule is CC(=O)/C=C/CCCCCC/C=C\COC(C)=O. The van der Waals surface area contributed by atoms with Gasteiger partial charge in [0.25, 0.3) is 0 Å². The molecule has 0 aliphatic heterocycles. The van der Waals surface area contributed by atoms with Crippen LogP contribution < -0.4 is 0 Å². The quantitative estimate of drug-likeness (QED) is 0.258. The van der Waals surface area contributed by atoms with Crippen LogP contribution >= 0.6 is 0 Å². The van der Waals surface area contributed by atoms with E-state index < -0.39 is 0 Å². The van der Waals surface area contributed by atoms with Crippen molar-refractivity contribution in [2.75, 3.05) is 6.61 Å². The van der Waals surface area contributed by atoms with Crippen molar-refractivity contribution in [3.8, 4) is 0 Å². The molecule has 0 fully saturated rings. The van der Waals surface area contributed by atoms with E-state index in [2.05, 4.69) is 6.08 Å². The summed E-state index contributed by atoms with van der Waals surface area (Å²) in [6.45, 7) is 3.36. The van der Waals surface area contributed by atoms with Crippen molar-refractivity contribution in [2.24, 2.45) is 0 Å². The first-order valence-electron chi connectivity index (χ1n) is 6.58. The molecular weight excluding hydrogens is 228 g/mol. The Morgan fingerprint density at radius 3 is 2.06 bits per heavy atom. The third-order valence-corrected chi connectivity index (χ3v) is 2.39. The molecule has 0 unspecified atom stereocenters. The van der Waals surface area contributed by atoms with Crippen molar-refractivity contribution in [3.63, 3.8) is 0 Å². The molecule has 0 aliphatic carbocycles. The molecule has 0 radical (unpaired) electrons. The Bertz CT molecular complexity index is 290. The molecule has 0 amide bonds. The Balaban J connectivity index is 3.21. The molecule has 0 heterocycles. The number of hydrogen-bond donors (Lipinski definition) is 0. The number of carbonyl (C=O) groups is 2. The molecule has 0 aromatic heterocycles. The predicted molar refractivity (Wildman–Crippen MR) is 73.3 cm³/mol. The zero-order valence-corrected chi connectivity index (χ0v) is 11.5. The Morgan fingerprint density at radius 2 is 1.50 bits per heavy atom. The van der Waals surface area contributed by atoms with Crippen LogP contribution in [0.4, 0.5) is 0 Å². The van der Waals surface area contributed by atoms with Crippen LogP contribution in [0.3, 0.4) is 0 Å². The lowest BCUT2D eigenvalue weighted by molar-refractivity contribution is -0.139. The molecule has 0 spiro atoms. The zero-order chi connectivity index (χ0) is 13.6. The molecule has 102 valence electrons. The second kappa shape index (κ2) is 12.1. The highest BCUT2D eigenvalue weighted by Crippen LogP contribution is 2.06. The summed E-state index contributed by atoms with van der Waals surface area (Å²) in [5.41, 5.74) is 0. The van der Waals surface area contributed by atoms with Gasteiger partial charge >= 0.3 is 5.97 Å². The third kappa shape index (κ3) is 14.6. The molecule has 3 heteroatoms. The van der Waals surface area contributed by atoms with Gasteiger partial charge in [-0.25, -0.2) is 0 Å². The van der Waals surface area contributed by atoms with E-state index >= 15 is 0 Å². The van der Waals surface area contributed by atoms with Gasteiger partial charge < -0.3 is 4.74 Å². The first-order valence-corrected chi connectivity index (χ1v) is 6.58. The highest BCUT2D eigenvalue weighted by molar-refractivity contribution is 5.87. The molecule has 0 saturated heterocycles. The van der Waals surface area contributed by atoms with Gasteiger partial charge in [0.05, 0.1) is 0 Å². The summed E-state index contributed by atoms with van der Waals surface area (Å²) < 4.78 is 4.77. The van der Waals surface area contributed by atoms with Crippen LogP contribution in [-0.4, -0.2) is 18.4 Å². The van der Waals surface area contributed by atoms with Gasteiger partial charge in [0, 0.05) is 6.92 Å². The number of ether oxygens (including phenoxy) is 1. The molecule has 0 aromatic carbocycles. The van der Waals surface area contributed by atoms with Crippen molar-refractivity contribution < 1.29 is 14.3 Å². The Kier molecular flexibility index (Phi) is 11.2. The molecule has 0 rings (SSSR count). The van der Waals surface area contributed by atoms with Crippen LogP contribution in [-0.2, 0) is 14.3 Å². The Labute approximate surface area is 110 Å². The van der Waals surface area contributed by atoms with E-state index in [1.165, 1.54) is 19.8 Å². The summed E-state index contributed by atoms with van der Waals surface area (Å²) in [4.78, 5) is 21.1. The summed E-state index contributed by atoms with van der Waals surface area (Å²) in [6, 6.07) is 0. The number of carbonyl (C=O) groups excluding carboxylic acids is 2. The molecule has 0 aliphatic rings. The highest BCUT2D eigenvalue weighted by atomic mass is 16.5. The maximum atomic E-state index is 10.6. The highest BCUT2D eigenvalue weighted by Gasteiger charge is 1.89. The largest absolute Gasteiger partial charge is 0.462 e. The van der Waals surface area contributed by atoms with E-state index in [-0.39, 0.29) is 11.8 Å². The van der Waals surface area contributed by atoms with Crippen molar-refractivity contribution >= 4 is 11.8 Å². The molecule has 18 heavy (non-hydrogen) atoms. The predicted octanol–water partition coefficient (Wildman–Crippen LogP) is 3.59. The second-order valence-corrected chi connectivity index (χ2v) is 4.28. The molecule has 0 bridgehead atoms. The minimum Gasteiger partial charge on any atom is -0.462 e. The topological polar surface area (TPSA) is 43.4 Å². The van der Waals surface area contributed by atoms with Gasteiger partial charge in [0.15, 0.2) is 5.78 Å². The van der Waals surface area contributed by atoms with E-state index in [4.69, 9.17) is 4.74 Å². The summed E-state index contributed by atoms with van der Waals surface area (Å²) in [5.74, 6) is -0.119. The first kappa shape index (κ1) is 16.6. The number of esters is 1. The van der Waals surface area contributed by atoms with Gasteiger partial charge in [-0.1, -0.05) is 31.1 Å². The molecule has 3 nitrogen and oxygen atoms in total. The van der Waals surface area contributed by atoms with Crippen LogP contribution in [0.5, 0.6) is 0 Å². The minimum absolute atomic E-state index is 0.118. The van der Waals surface area contributed by atoms with Crippen molar-refractivity contribution in [2.45, 2.75) is 52.4 Å². The average molecular weight is 252 g/mol. The summed E-state index contributed by atoms with van der Waals surface area (Å²) in [7, 11) is 0. The third-order valence-electron chi connectivity index (χ3n) is 2.39. The van der Waals surface area contributed by atoms with Crippen LogP contribution in [0.1, 0.15) is 52.4 Å². The zero-order valence-electron chi connectivity index (χ0n) is 11.5. The monoisotopic (exact) mass is 252 g/mol. The molecule has 0 aromatic rings. The van der Waals surface area contributed by atoms with Gasteiger partial charge in [-0.3, -0.25) is 9.59 Å². The summed E-state index contributed by atoms with van der Waals surface area (Å²) in [6.07, 6.45) is 14.2. The fourth-order valence-electron chi connectivity index (χ4n) is 1.48. The van der Waals surface area contributed by atoms with E-state index in [0.29, 0.717) is 6.61 Å². The number of ketones is 1. The van der Waals surface area contributed by atoms with Crippen molar-refractivity contribution in [1.82, 2.24) is 0 Å². The van der Waals surface area contributed by atoms with Gasteiger partial charge in [0.2, 0.25) is 0 Å². The lowest BCUT2D eigenvalue weighted by atomic mass is 10.1. The number of unbranched alkanes of at least 4 members (excludes halogenated alkanes) is 5. The van der Waals surface area contributed by atoms with E-state index in [1.54, 1.807) is 13.0 Å². The van der Waals surface area contributed by atoms with Crippen molar-refractivity contribution in [3.05, 3.63) is 24.3 Å². The van der Waals surface area contributed by atoms with Crippen LogP contribution in [0, 0.1) is 0 Å². The Morgan fingerprint density at radius 1 is 0.889 bits per heavy atom. The van der Waals surface area contributed by atoms with E-state index in [9.17, 15) is 9.59 Å². The first-order chi connectivity index (χ1) is 8.63. The normalized spacial score (nSPS) is 11.2. The van der Waals surface area contributed by atoms with E-state index in [1.807, 2.05) is 12.2 Å². The summed E-state index contributed by atoms with van der Waals surface area (Å²) >= 11 is 0. The fraction of sp³-hybridized carbons (Fsp3) is 0.600. The van der Waals surface area contributed by atoms with Gasteiger partial charge in [-0.2, -0.15) is 0 Å². The standard InChI is InChI=1S/C15H24O3/c1-14(16)12-10-8-6-4-3-5-7-9-11-13-18-15(2)17/h9-12H,3-8,13H2,1-2H3/b11-9-,12-10+. The van der Waals surface area contributed by atoms with Crippen LogP contribution in [0.25, 0.3) is 0 Å². The van der Waals surface area contributed by atoms with E-state index in [0.717, 1.165) is 25.7 Å². The molecular formula is C15H24O3. The van der Waals surface area contributed by atoms with Crippen molar-refractivity contribution in [1.29, 1.82) is 0 Å². The average Bonchev–Trinajstić information content (AvgIpc) is 2.29. The van der Waals surface area contributed by atoms with Crippen LogP contribution in [0.2, 0.25) is 0 Å². The van der Waals surface area contributed by atoms with Crippen LogP contribution in [0.15, 0.2) is 24.3 Å². The number of rotatable bonds is 10.